The van der Waals surface area contributed by atoms with E-state index in [0.717, 1.165) is 0 Å². The van der Waals surface area contributed by atoms with E-state index < -0.39 is 103 Å². The maximum atomic E-state index is 13.1. The summed E-state index contributed by atoms with van der Waals surface area (Å²) < 4.78 is 40.4. The summed E-state index contributed by atoms with van der Waals surface area (Å²) in [5.74, 6) is -2.18. The van der Waals surface area contributed by atoms with Crippen molar-refractivity contribution in [3.8, 4) is 0 Å². The van der Waals surface area contributed by atoms with Crippen LogP contribution < -0.4 is 0 Å². The lowest BCUT2D eigenvalue weighted by molar-refractivity contribution is -0.301. The van der Waals surface area contributed by atoms with E-state index in [1.807, 2.05) is 0 Å². The van der Waals surface area contributed by atoms with E-state index in [0.29, 0.717) is 0 Å². The number of ether oxygens (including phenoxy) is 7. The van der Waals surface area contributed by atoms with Crippen LogP contribution in [0.4, 0.5) is 0 Å². The Morgan fingerprint density at radius 3 is 2.33 bits per heavy atom. The van der Waals surface area contributed by atoms with Crippen molar-refractivity contribution in [2.75, 3.05) is 13.7 Å². The highest BCUT2D eigenvalue weighted by atomic mass is 16.7. The molecule has 0 saturated carbocycles. The van der Waals surface area contributed by atoms with Crippen LogP contribution in [0.5, 0.6) is 0 Å². The van der Waals surface area contributed by atoms with Gasteiger partial charge in [-0.25, -0.2) is 4.79 Å². The topological polar surface area (TPSA) is 203 Å². The Morgan fingerprint density at radius 2 is 1.63 bits per heavy atom. The molecule has 14 nitrogen and oxygen atoms in total. The molecular formula is C32H50O14. The van der Waals surface area contributed by atoms with E-state index in [9.17, 15) is 35.1 Å². The van der Waals surface area contributed by atoms with Gasteiger partial charge in [0.25, 0.3) is 0 Å². The van der Waals surface area contributed by atoms with Gasteiger partial charge in [-0.2, -0.15) is 0 Å². The largest absolute Gasteiger partial charge is 0.459 e. The first-order chi connectivity index (χ1) is 21.6. The van der Waals surface area contributed by atoms with Gasteiger partial charge in [-0.05, 0) is 52.7 Å². The highest BCUT2D eigenvalue weighted by Gasteiger charge is 2.49. The van der Waals surface area contributed by atoms with Crippen LogP contribution in [0.2, 0.25) is 0 Å². The van der Waals surface area contributed by atoms with E-state index in [2.05, 4.69) is 0 Å². The molecule has 4 aliphatic heterocycles. The molecule has 0 amide bonds. The lowest BCUT2D eigenvalue weighted by Gasteiger charge is -2.41. The van der Waals surface area contributed by atoms with E-state index in [-0.39, 0.29) is 32.0 Å². The van der Waals surface area contributed by atoms with E-state index in [4.69, 9.17) is 33.2 Å². The van der Waals surface area contributed by atoms with Crippen molar-refractivity contribution in [2.45, 2.75) is 139 Å². The van der Waals surface area contributed by atoms with Gasteiger partial charge in [-0.1, -0.05) is 13.0 Å². The molecule has 3 fully saturated rings. The van der Waals surface area contributed by atoms with Crippen molar-refractivity contribution in [2.24, 2.45) is 11.8 Å². The van der Waals surface area contributed by atoms with Gasteiger partial charge in [-0.3, -0.25) is 4.79 Å². The predicted molar refractivity (Wildman–Crippen MR) is 159 cm³/mol. The number of esters is 1. The second kappa shape index (κ2) is 15.6. The normalized spacial score (nSPS) is 49.1. The molecule has 0 spiro atoms. The van der Waals surface area contributed by atoms with Crippen LogP contribution in [-0.4, -0.2) is 136 Å². The lowest BCUT2D eigenvalue weighted by atomic mass is 9.89. The Balaban J connectivity index is 1.52. The molecule has 4 aliphatic rings. The first kappa shape index (κ1) is 37.0. The summed E-state index contributed by atoms with van der Waals surface area (Å²) in [6.07, 6.45) is -5.46. The van der Waals surface area contributed by atoms with E-state index >= 15 is 0 Å². The number of carbonyl (C=O) groups is 2. The van der Waals surface area contributed by atoms with Crippen LogP contribution in [0.15, 0.2) is 24.3 Å². The Hall–Kier alpha value is -1.82. The Kier molecular flexibility index (Phi) is 12.5. The summed E-state index contributed by atoms with van der Waals surface area (Å²) in [5, 5.41) is 52.5. The van der Waals surface area contributed by atoms with Crippen molar-refractivity contribution in [1.29, 1.82) is 0 Å². The Morgan fingerprint density at radius 1 is 0.913 bits per heavy atom. The number of hydrogen-bond donors (Lipinski definition) is 5. The molecule has 14 heteroatoms. The van der Waals surface area contributed by atoms with Gasteiger partial charge in [0.1, 0.15) is 42.2 Å². The average molecular weight is 659 g/mol. The number of aliphatic hydroxyl groups is 5. The van der Waals surface area contributed by atoms with Crippen molar-refractivity contribution < 1.29 is 68.3 Å². The lowest BCUT2D eigenvalue weighted by Crippen LogP contribution is -2.58. The molecule has 0 aromatic rings. The number of fused-ring (bicyclic) bond motifs is 1. The monoisotopic (exact) mass is 658 g/mol. The number of aliphatic hydroxyl groups excluding tert-OH is 4. The molecule has 0 aliphatic carbocycles. The first-order valence-corrected chi connectivity index (χ1v) is 15.9. The zero-order chi connectivity index (χ0) is 33.9. The summed E-state index contributed by atoms with van der Waals surface area (Å²) in [4.78, 5) is 26.0. The number of ketones is 1. The highest BCUT2D eigenvalue weighted by molar-refractivity contribution is 5.96. The fourth-order valence-corrected chi connectivity index (χ4v) is 6.06. The van der Waals surface area contributed by atoms with Gasteiger partial charge in [-0.15, -0.1) is 0 Å². The second-order valence-electron chi connectivity index (χ2n) is 13.1. The number of cyclic esters (lactones) is 1. The Bertz CT molecular complexity index is 1090. The summed E-state index contributed by atoms with van der Waals surface area (Å²) in [6.45, 7) is 8.16. The molecule has 0 bridgehead atoms. The minimum Gasteiger partial charge on any atom is -0.459 e. The third-order valence-corrected chi connectivity index (χ3v) is 9.33. The molecule has 4 rings (SSSR count). The van der Waals surface area contributed by atoms with Gasteiger partial charge in [0, 0.05) is 31.4 Å². The average Bonchev–Trinajstić information content (AvgIpc) is 3.76. The van der Waals surface area contributed by atoms with E-state index in [1.165, 1.54) is 32.3 Å². The van der Waals surface area contributed by atoms with Gasteiger partial charge in [0.2, 0.25) is 0 Å². The summed E-state index contributed by atoms with van der Waals surface area (Å²) in [5.41, 5.74) is -1.76. The zero-order valence-corrected chi connectivity index (χ0v) is 27.2. The summed E-state index contributed by atoms with van der Waals surface area (Å²) in [7, 11) is 1.36. The van der Waals surface area contributed by atoms with Gasteiger partial charge < -0.3 is 58.7 Å². The SMILES string of the molecule is CO[C@H]1[C@H](OC[C@H]2[C@@H]3O[C@H]3/C=C/C(=O)[C@@](C)(O)CC[C@H](O[C@@H]3O[C@H](C)C[C@H](O)[C@H]3O)[C@@H](C)/C=C/C(=O)O[C@@H]2C)O[C@H](C)[C@@H](O)[C@H]1O. The van der Waals surface area contributed by atoms with Crippen molar-refractivity contribution in [3.05, 3.63) is 24.3 Å². The molecular weight excluding hydrogens is 608 g/mol. The molecule has 0 unspecified atom stereocenters. The number of epoxide rings is 1. The predicted octanol–water partition coefficient (Wildman–Crippen LogP) is -0.0958. The van der Waals surface area contributed by atoms with Crippen molar-refractivity contribution >= 4 is 11.8 Å². The summed E-state index contributed by atoms with van der Waals surface area (Å²) >= 11 is 0. The molecule has 5 N–H and O–H groups in total. The van der Waals surface area contributed by atoms with Crippen LogP contribution in [0, 0.1) is 11.8 Å². The van der Waals surface area contributed by atoms with Crippen LogP contribution in [0.3, 0.4) is 0 Å². The number of rotatable bonds is 6. The Labute approximate surface area is 269 Å². The molecule has 16 atom stereocenters. The smallest absolute Gasteiger partial charge is 0.330 e. The van der Waals surface area contributed by atoms with Crippen LogP contribution >= 0.6 is 0 Å². The molecule has 262 valence electrons. The molecule has 0 aromatic carbocycles. The second-order valence-corrected chi connectivity index (χ2v) is 13.1. The number of methoxy groups -OCH3 is 1. The highest BCUT2D eigenvalue weighted by Crippen LogP contribution is 2.36. The minimum atomic E-state index is -1.76. The summed E-state index contributed by atoms with van der Waals surface area (Å²) in [6, 6.07) is 0. The molecule has 0 aromatic heterocycles. The maximum Gasteiger partial charge on any atom is 0.330 e. The first-order valence-electron chi connectivity index (χ1n) is 15.9. The third kappa shape index (κ3) is 8.99. The number of hydrogen-bond acceptors (Lipinski definition) is 14. The standard InChI is InChI=1S/C32H50O14/c1-15-7-10-24(35)43-17(3)19(14-41-31-29(40-6)27(38)25(36)18(4)44-31)28-22(45-28)8-9-23(34)32(5,39)12-11-21(15)46-30-26(37)20(33)13-16(2)42-30/h7-10,15-22,25-31,33,36-39H,11-14H2,1-6H3/b9-8+,10-7+/t15-,16+,17+,18+,19+,20-,21-,22-,25+,26+,27+,28-,29+,30-,31+,32-/m0/s1. The fraction of sp³-hybridized carbons (Fsp3) is 0.812. The van der Waals surface area contributed by atoms with Gasteiger partial charge in [0.15, 0.2) is 18.4 Å². The third-order valence-electron chi connectivity index (χ3n) is 9.33. The molecule has 4 heterocycles. The van der Waals surface area contributed by atoms with Gasteiger partial charge >= 0.3 is 5.97 Å². The van der Waals surface area contributed by atoms with Crippen molar-refractivity contribution in [1.82, 2.24) is 0 Å². The minimum absolute atomic E-state index is 0.00609. The quantitative estimate of drug-likeness (QED) is 0.187. The number of carbonyl (C=O) groups excluding carboxylic acids is 2. The maximum absolute atomic E-state index is 13.1. The zero-order valence-electron chi connectivity index (χ0n) is 27.2. The molecule has 3 saturated heterocycles. The van der Waals surface area contributed by atoms with Crippen LogP contribution in [0.1, 0.15) is 53.9 Å². The van der Waals surface area contributed by atoms with E-state index in [1.54, 1.807) is 33.8 Å². The van der Waals surface area contributed by atoms with Crippen LogP contribution in [0.25, 0.3) is 0 Å². The molecule has 0 radical (unpaired) electrons. The van der Waals surface area contributed by atoms with Crippen LogP contribution in [-0.2, 0) is 42.7 Å². The fourth-order valence-electron chi connectivity index (χ4n) is 6.06. The van der Waals surface area contributed by atoms with Gasteiger partial charge in [0.05, 0.1) is 37.1 Å². The molecule has 46 heavy (non-hydrogen) atoms. The van der Waals surface area contributed by atoms with Crippen molar-refractivity contribution in [3.63, 3.8) is 0 Å².